The fourth-order valence-electron chi connectivity index (χ4n) is 4.32. The summed E-state index contributed by atoms with van der Waals surface area (Å²) in [6.07, 6.45) is 1.87. The molecule has 2 aromatic heterocycles. The predicted octanol–water partition coefficient (Wildman–Crippen LogP) is 6.35. The summed E-state index contributed by atoms with van der Waals surface area (Å²) in [6, 6.07) is 26.1. The number of thiazole rings is 1. The Bertz CT molecular complexity index is 1860. The molecule has 0 spiro atoms. The first-order chi connectivity index (χ1) is 17.6. The first kappa shape index (κ1) is 22.8. The summed E-state index contributed by atoms with van der Waals surface area (Å²) in [5.41, 5.74) is 3.48. The van der Waals surface area contributed by atoms with Crippen LogP contribution in [0.25, 0.3) is 32.8 Å². The Morgan fingerprint density at radius 1 is 0.972 bits per heavy atom. The van der Waals surface area contributed by atoms with Crippen molar-refractivity contribution in [3.63, 3.8) is 0 Å². The normalized spacial score (nSPS) is 12.1. The highest BCUT2D eigenvalue weighted by Crippen LogP contribution is 2.38. The summed E-state index contributed by atoms with van der Waals surface area (Å²) >= 11 is 5.03. The van der Waals surface area contributed by atoms with Crippen LogP contribution in [0.15, 0.2) is 88.1 Å². The lowest BCUT2D eigenvalue weighted by molar-refractivity contribution is 0.267. The van der Waals surface area contributed by atoms with Gasteiger partial charge in [0.05, 0.1) is 26.6 Å². The van der Waals surface area contributed by atoms with E-state index in [-0.39, 0.29) is 5.56 Å². The minimum atomic E-state index is -0.0746. The molecule has 178 valence electrons. The second-order valence-corrected chi connectivity index (χ2v) is 10.2. The quantitative estimate of drug-likeness (QED) is 0.240. The maximum absolute atomic E-state index is 13.2. The van der Waals surface area contributed by atoms with Gasteiger partial charge in [-0.3, -0.25) is 4.79 Å². The van der Waals surface area contributed by atoms with E-state index in [1.54, 1.807) is 4.40 Å². The minimum Gasteiger partial charge on any atom is -0.490 e. The molecule has 0 N–H and O–H groups in total. The molecule has 2 heterocycles. The minimum absolute atomic E-state index is 0.0746. The Morgan fingerprint density at radius 3 is 2.64 bits per heavy atom. The SMILES string of the molecule is CCOc1cc(/C=c2\sc3nc4ccccc4n3c2=O)cc(Br)c1OCc1ccc2ccccc2c1. The predicted molar refractivity (Wildman–Crippen MR) is 149 cm³/mol. The molecule has 0 aliphatic carbocycles. The lowest BCUT2D eigenvalue weighted by Crippen LogP contribution is -2.22. The van der Waals surface area contributed by atoms with Crippen LogP contribution in [-0.2, 0) is 6.61 Å². The molecule has 0 radical (unpaired) electrons. The summed E-state index contributed by atoms with van der Waals surface area (Å²) in [5.74, 6) is 1.26. The van der Waals surface area contributed by atoms with E-state index in [0.717, 1.165) is 26.6 Å². The number of ether oxygens (including phenoxy) is 2. The van der Waals surface area contributed by atoms with Crippen LogP contribution in [0.5, 0.6) is 11.5 Å². The number of imidazole rings is 1. The number of fused-ring (bicyclic) bond motifs is 4. The van der Waals surface area contributed by atoms with Crippen molar-refractivity contribution < 1.29 is 9.47 Å². The Hall–Kier alpha value is -3.68. The number of hydrogen-bond donors (Lipinski definition) is 0. The van der Waals surface area contributed by atoms with Gasteiger partial charge in [0.2, 0.25) is 0 Å². The number of nitrogens with zero attached hydrogens (tertiary/aromatic N) is 2. The van der Waals surface area contributed by atoms with E-state index in [4.69, 9.17) is 9.47 Å². The van der Waals surface area contributed by atoms with Crippen molar-refractivity contribution in [3.8, 4) is 11.5 Å². The largest absolute Gasteiger partial charge is 0.490 e. The number of benzene rings is 4. The van der Waals surface area contributed by atoms with Crippen molar-refractivity contribution in [2.45, 2.75) is 13.5 Å². The van der Waals surface area contributed by atoms with Gasteiger partial charge in [-0.25, -0.2) is 9.38 Å². The summed E-state index contributed by atoms with van der Waals surface area (Å²) < 4.78 is 15.2. The van der Waals surface area contributed by atoms with Gasteiger partial charge in [0, 0.05) is 0 Å². The lowest BCUT2D eigenvalue weighted by Gasteiger charge is -2.15. The highest BCUT2D eigenvalue weighted by Gasteiger charge is 2.14. The highest BCUT2D eigenvalue weighted by atomic mass is 79.9. The van der Waals surface area contributed by atoms with Crippen molar-refractivity contribution in [2.24, 2.45) is 0 Å². The van der Waals surface area contributed by atoms with Gasteiger partial charge in [-0.15, -0.1) is 0 Å². The summed E-state index contributed by atoms with van der Waals surface area (Å²) in [5, 5.41) is 2.38. The van der Waals surface area contributed by atoms with Gasteiger partial charge >= 0.3 is 0 Å². The third kappa shape index (κ3) is 4.14. The van der Waals surface area contributed by atoms with Crippen molar-refractivity contribution in [1.29, 1.82) is 0 Å². The molecule has 0 atom stereocenters. The Balaban J connectivity index is 1.35. The number of halogens is 1. The average molecular weight is 557 g/mol. The van der Waals surface area contributed by atoms with Crippen molar-refractivity contribution >= 4 is 60.1 Å². The van der Waals surface area contributed by atoms with Gasteiger partial charge in [0.1, 0.15) is 6.61 Å². The zero-order valence-electron chi connectivity index (χ0n) is 19.4. The van der Waals surface area contributed by atoms with Crippen LogP contribution in [0.1, 0.15) is 18.1 Å². The molecule has 0 bridgehead atoms. The smallest absolute Gasteiger partial charge is 0.274 e. The van der Waals surface area contributed by atoms with Crippen LogP contribution >= 0.6 is 27.3 Å². The van der Waals surface area contributed by atoms with Gasteiger partial charge in [0.25, 0.3) is 5.56 Å². The Labute approximate surface area is 219 Å². The standard InChI is InChI=1S/C29H21BrN2O3S/c1-2-34-25-15-19(16-26-28(33)32-24-10-6-5-9-23(24)31-29(32)36-26)14-22(30)27(25)35-17-18-11-12-20-7-3-4-8-21(20)13-18/h3-16H,2,17H2,1H3/b26-16-. The molecule has 0 aliphatic rings. The molecule has 0 fully saturated rings. The van der Waals surface area contributed by atoms with Gasteiger partial charge in [-0.05, 0) is 81.2 Å². The van der Waals surface area contributed by atoms with E-state index in [1.165, 1.54) is 22.1 Å². The van der Waals surface area contributed by atoms with Gasteiger partial charge < -0.3 is 9.47 Å². The molecule has 4 aromatic carbocycles. The van der Waals surface area contributed by atoms with E-state index in [1.807, 2.05) is 61.5 Å². The zero-order chi connectivity index (χ0) is 24.6. The summed E-state index contributed by atoms with van der Waals surface area (Å²) in [7, 11) is 0. The van der Waals surface area contributed by atoms with Gasteiger partial charge in [-0.1, -0.05) is 59.9 Å². The van der Waals surface area contributed by atoms with Crippen molar-refractivity contribution in [1.82, 2.24) is 9.38 Å². The first-order valence-electron chi connectivity index (χ1n) is 11.6. The molecule has 0 aliphatic heterocycles. The lowest BCUT2D eigenvalue weighted by atomic mass is 10.1. The molecule has 6 rings (SSSR count). The average Bonchev–Trinajstić information content (AvgIpc) is 3.39. The number of rotatable bonds is 6. The maximum Gasteiger partial charge on any atom is 0.274 e. The van der Waals surface area contributed by atoms with Crippen LogP contribution in [0.2, 0.25) is 0 Å². The molecule has 6 aromatic rings. The fraction of sp³-hybridized carbons (Fsp3) is 0.103. The molecule has 36 heavy (non-hydrogen) atoms. The van der Waals surface area contributed by atoms with Crippen LogP contribution in [0.3, 0.4) is 0 Å². The number of hydrogen-bond acceptors (Lipinski definition) is 5. The third-order valence-corrected chi connectivity index (χ3v) is 7.53. The molecular formula is C29H21BrN2O3S. The zero-order valence-corrected chi connectivity index (χ0v) is 21.8. The third-order valence-electron chi connectivity index (χ3n) is 5.97. The van der Waals surface area contributed by atoms with Gasteiger partial charge in [-0.2, -0.15) is 0 Å². The maximum atomic E-state index is 13.2. The second-order valence-electron chi connectivity index (χ2n) is 8.37. The number of para-hydroxylation sites is 2. The number of aromatic nitrogens is 2. The van der Waals surface area contributed by atoms with Crippen molar-refractivity contribution in [2.75, 3.05) is 6.61 Å². The molecule has 0 saturated carbocycles. The van der Waals surface area contributed by atoms with Crippen LogP contribution in [-0.4, -0.2) is 16.0 Å². The second kappa shape index (κ2) is 9.41. The van der Waals surface area contributed by atoms with Crippen LogP contribution in [0.4, 0.5) is 0 Å². The van der Waals surface area contributed by atoms with E-state index in [0.29, 0.717) is 34.2 Å². The topological polar surface area (TPSA) is 52.8 Å². The highest BCUT2D eigenvalue weighted by molar-refractivity contribution is 9.10. The van der Waals surface area contributed by atoms with Crippen LogP contribution < -0.4 is 19.6 Å². The fourth-order valence-corrected chi connectivity index (χ4v) is 5.88. The van der Waals surface area contributed by atoms with E-state index in [2.05, 4.69) is 51.2 Å². The Morgan fingerprint density at radius 2 is 1.78 bits per heavy atom. The Kier molecular flexibility index (Phi) is 5.95. The van der Waals surface area contributed by atoms with Gasteiger partial charge in [0.15, 0.2) is 16.5 Å². The molecule has 0 amide bonds. The van der Waals surface area contributed by atoms with Crippen molar-refractivity contribution in [3.05, 3.63) is 109 Å². The van der Waals surface area contributed by atoms with E-state index >= 15 is 0 Å². The van der Waals surface area contributed by atoms with E-state index < -0.39 is 0 Å². The van der Waals surface area contributed by atoms with E-state index in [9.17, 15) is 4.79 Å². The van der Waals surface area contributed by atoms with Crippen LogP contribution in [0, 0.1) is 0 Å². The molecular weight excluding hydrogens is 536 g/mol. The summed E-state index contributed by atoms with van der Waals surface area (Å²) in [6.45, 7) is 2.84. The molecule has 0 saturated heterocycles. The molecule has 0 unspecified atom stereocenters. The summed E-state index contributed by atoms with van der Waals surface area (Å²) in [4.78, 5) is 18.4. The first-order valence-corrected chi connectivity index (χ1v) is 13.2. The molecule has 5 nitrogen and oxygen atoms in total. The molecule has 7 heteroatoms. The monoisotopic (exact) mass is 556 g/mol.